The highest BCUT2D eigenvalue weighted by Crippen LogP contribution is 2.57. The Bertz CT molecular complexity index is 1510. The van der Waals surface area contributed by atoms with Crippen molar-refractivity contribution in [1.82, 2.24) is 0 Å². The number of rotatable bonds is 7. The summed E-state index contributed by atoms with van der Waals surface area (Å²) in [6, 6.07) is 12.0. The molecule has 9 nitrogen and oxygen atoms in total. The third-order valence-corrected chi connectivity index (χ3v) is 7.89. The van der Waals surface area contributed by atoms with E-state index in [9.17, 15) is 19.2 Å². The molecule has 214 valence electrons. The zero-order valence-corrected chi connectivity index (χ0v) is 24.2. The number of hydrogen-bond donors (Lipinski definition) is 0. The average Bonchev–Trinajstić information content (AvgIpc) is 3.19. The molecule has 3 aliphatic rings. The average molecular weight is 579 g/mol. The van der Waals surface area contributed by atoms with Gasteiger partial charge in [0.1, 0.15) is 5.75 Å². The fraction of sp³-hybridized carbons (Fsp3) is 0.355. The summed E-state index contributed by atoms with van der Waals surface area (Å²) in [4.78, 5) is 59.7. The van der Waals surface area contributed by atoms with E-state index in [2.05, 4.69) is 0 Å². The maximum Gasteiger partial charge on any atom is 0.339 e. The van der Waals surface area contributed by atoms with Crippen molar-refractivity contribution in [2.24, 2.45) is 0 Å². The molecule has 0 bridgehead atoms. The molecule has 0 saturated heterocycles. The first-order valence-electron chi connectivity index (χ1n) is 13.7. The van der Waals surface area contributed by atoms with Crippen LogP contribution in [0.15, 0.2) is 64.9 Å². The van der Waals surface area contributed by atoms with Crippen molar-refractivity contribution in [3.63, 3.8) is 0 Å². The minimum Gasteiger partial charge on any atom is -0.497 e. The molecular formula is C31H31ClN2O7. The minimum absolute atomic E-state index is 0.00187. The molecular weight excluding hydrogens is 548 g/mol. The predicted molar refractivity (Wildman–Crippen MR) is 153 cm³/mol. The fourth-order valence-corrected chi connectivity index (χ4v) is 6.29. The van der Waals surface area contributed by atoms with Crippen LogP contribution in [0.4, 0.5) is 11.4 Å². The Labute approximate surface area is 243 Å². The number of carbonyl (C=O) groups excluding carboxylic acids is 4. The van der Waals surface area contributed by atoms with Crippen LogP contribution >= 0.6 is 11.6 Å². The lowest BCUT2D eigenvalue weighted by Gasteiger charge is -2.48. The minimum atomic E-state index is -1.91. The first-order chi connectivity index (χ1) is 19.8. The summed E-state index contributed by atoms with van der Waals surface area (Å²) in [6.45, 7) is 5.35. The number of fused-ring (bicyclic) bond motifs is 2. The number of amides is 1. The second-order valence-electron chi connectivity index (χ2n) is 9.74. The molecule has 41 heavy (non-hydrogen) atoms. The highest BCUT2D eigenvalue weighted by atomic mass is 35.5. The quantitative estimate of drug-likeness (QED) is 0.429. The number of allylic oxidation sites excluding steroid dienone is 1. The topological polar surface area (TPSA) is 102 Å². The van der Waals surface area contributed by atoms with E-state index in [1.165, 1.54) is 0 Å². The van der Waals surface area contributed by atoms with E-state index >= 15 is 0 Å². The van der Waals surface area contributed by atoms with Crippen molar-refractivity contribution in [2.45, 2.75) is 45.6 Å². The van der Waals surface area contributed by atoms with Gasteiger partial charge >= 0.3 is 11.9 Å². The van der Waals surface area contributed by atoms with Crippen LogP contribution in [0.3, 0.4) is 0 Å². The fourth-order valence-electron chi connectivity index (χ4n) is 6.12. The molecule has 2 aromatic carbocycles. The first-order valence-corrected chi connectivity index (χ1v) is 14.1. The number of ketones is 1. The molecule has 2 aliphatic heterocycles. The Hall–Kier alpha value is -4.11. The summed E-state index contributed by atoms with van der Waals surface area (Å²) in [7, 11) is 1.54. The van der Waals surface area contributed by atoms with Crippen LogP contribution in [0.2, 0.25) is 5.02 Å². The third-order valence-electron chi connectivity index (χ3n) is 7.65. The van der Waals surface area contributed by atoms with Gasteiger partial charge in [-0.3, -0.25) is 9.59 Å². The zero-order chi connectivity index (χ0) is 29.5. The van der Waals surface area contributed by atoms with Gasteiger partial charge in [0.05, 0.1) is 42.7 Å². The number of nitrogens with zero attached hydrogens (tertiary/aromatic N) is 2. The van der Waals surface area contributed by atoms with Crippen LogP contribution < -0.4 is 14.5 Å². The van der Waals surface area contributed by atoms with Gasteiger partial charge in [-0.2, -0.15) is 0 Å². The molecule has 1 spiro atoms. The molecule has 2 aromatic rings. The summed E-state index contributed by atoms with van der Waals surface area (Å²) in [5, 5.41) is 0.337. The van der Waals surface area contributed by atoms with Crippen molar-refractivity contribution in [1.29, 1.82) is 0 Å². The number of methoxy groups -OCH3 is 1. The molecule has 5 rings (SSSR count). The highest BCUT2D eigenvalue weighted by molar-refractivity contribution is 6.31. The number of ether oxygens (including phenoxy) is 3. The number of halogens is 1. The van der Waals surface area contributed by atoms with Crippen molar-refractivity contribution in [3.05, 3.63) is 75.5 Å². The molecule has 1 amide bonds. The van der Waals surface area contributed by atoms with Crippen molar-refractivity contribution >= 4 is 46.6 Å². The van der Waals surface area contributed by atoms with Gasteiger partial charge in [-0.1, -0.05) is 11.6 Å². The number of carbonyl (C=O) groups is 4. The number of anilines is 2. The standard InChI is InChI=1S/C31H31ClN2O7/c1-5-33-22-16-11-18(32)17-21(22)31(30(33)38)27(29(37)41-7-3)26(28(36)40-6-2)25-23(9-8-10-24(25)35)34(31)19-12-14-20(39-4)15-13-19/h11-17H,5-10H2,1-4H3. The Morgan fingerprint density at radius 3 is 2.27 bits per heavy atom. The molecule has 0 saturated carbocycles. The van der Waals surface area contributed by atoms with Crippen LogP contribution in [0, 0.1) is 0 Å². The predicted octanol–water partition coefficient (Wildman–Crippen LogP) is 4.86. The lowest BCUT2D eigenvalue weighted by molar-refractivity contribution is -0.143. The van der Waals surface area contributed by atoms with E-state index in [0.29, 0.717) is 46.2 Å². The number of benzene rings is 2. The van der Waals surface area contributed by atoms with Gasteiger partial charge in [0.25, 0.3) is 5.91 Å². The van der Waals surface area contributed by atoms with E-state index in [-0.39, 0.29) is 48.7 Å². The monoisotopic (exact) mass is 578 g/mol. The SMILES string of the molecule is CCOC(=O)C1=C(C(=O)OCC)C2(C(=O)N(CC)c3ccc(Cl)cc32)N(c2ccc(OC)cc2)C2=C1C(=O)CCC2. The first kappa shape index (κ1) is 28.4. The maximum atomic E-state index is 14.9. The van der Waals surface area contributed by atoms with E-state index in [1.54, 1.807) is 73.2 Å². The van der Waals surface area contributed by atoms with Crippen LogP contribution in [0.5, 0.6) is 5.75 Å². The Balaban J connectivity index is 2.00. The third kappa shape index (κ3) is 4.22. The largest absolute Gasteiger partial charge is 0.497 e. The van der Waals surface area contributed by atoms with Gasteiger partial charge < -0.3 is 24.0 Å². The number of hydrogen-bond acceptors (Lipinski definition) is 8. The van der Waals surface area contributed by atoms with Gasteiger partial charge in [0, 0.05) is 34.9 Å². The number of likely N-dealkylation sites (N-methyl/N-ethyl adjacent to an activating group) is 1. The van der Waals surface area contributed by atoms with Crippen LogP contribution in [-0.2, 0) is 34.2 Å². The second-order valence-corrected chi connectivity index (χ2v) is 10.2. The smallest absolute Gasteiger partial charge is 0.339 e. The van der Waals surface area contributed by atoms with Gasteiger partial charge in [-0.05, 0) is 76.1 Å². The lowest BCUT2D eigenvalue weighted by Crippen LogP contribution is -2.59. The summed E-state index contributed by atoms with van der Waals surface area (Å²) >= 11 is 6.54. The molecule has 1 unspecified atom stereocenters. The van der Waals surface area contributed by atoms with Gasteiger partial charge in [-0.25, -0.2) is 9.59 Å². The number of Topliss-reactive ketones (excluding diaryl/α,β-unsaturated/α-hetero) is 1. The van der Waals surface area contributed by atoms with Crippen LogP contribution in [0.1, 0.15) is 45.6 Å². The lowest BCUT2D eigenvalue weighted by atomic mass is 9.71. The number of esters is 2. The van der Waals surface area contributed by atoms with E-state index in [4.69, 9.17) is 25.8 Å². The van der Waals surface area contributed by atoms with E-state index in [0.717, 1.165) is 0 Å². The molecule has 0 fully saturated rings. The van der Waals surface area contributed by atoms with Crippen LogP contribution in [-0.4, -0.2) is 50.5 Å². The molecule has 0 N–H and O–H groups in total. The maximum absolute atomic E-state index is 14.9. The molecule has 1 atom stereocenters. The summed E-state index contributed by atoms with van der Waals surface area (Å²) in [5.41, 5.74) is -0.395. The van der Waals surface area contributed by atoms with E-state index < -0.39 is 23.4 Å². The second kappa shape index (κ2) is 11.0. The van der Waals surface area contributed by atoms with Crippen LogP contribution in [0.25, 0.3) is 0 Å². The Morgan fingerprint density at radius 2 is 1.63 bits per heavy atom. The Kier molecular flexibility index (Phi) is 7.66. The highest BCUT2D eigenvalue weighted by Gasteiger charge is 2.64. The summed E-state index contributed by atoms with van der Waals surface area (Å²) < 4.78 is 16.3. The molecule has 0 radical (unpaired) electrons. The van der Waals surface area contributed by atoms with Crippen molar-refractivity contribution in [3.8, 4) is 5.75 Å². The Morgan fingerprint density at radius 1 is 0.951 bits per heavy atom. The van der Waals surface area contributed by atoms with Gasteiger partial charge in [-0.15, -0.1) is 0 Å². The molecule has 0 aromatic heterocycles. The van der Waals surface area contributed by atoms with Crippen molar-refractivity contribution in [2.75, 3.05) is 36.7 Å². The molecule has 2 heterocycles. The van der Waals surface area contributed by atoms with E-state index in [1.807, 2.05) is 6.92 Å². The van der Waals surface area contributed by atoms with Gasteiger partial charge in [0.2, 0.25) is 0 Å². The van der Waals surface area contributed by atoms with Crippen molar-refractivity contribution < 1.29 is 33.4 Å². The zero-order valence-electron chi connectivity index (χ0n) is 23.4. The summed E-state index contributed by atoms with van der Waals surface area (Å²) in [5.74, 6) is -1.95. The van der Waals surface area contributed by atoms with Gasteiger partial charge in [0.15, 0.2) is 11.3 Å². The molecule has 10 heteroatoms. The molecule has 1 aliphatic carbocycles. The normalized spacial score (nSPS) is 19.9. The summed E-state index contributed by atoms with van der Waals surface area (Å²) in [6.07, 6.45) is 1.06.